The van der Waals surface area contributed by atoms with E-state index in [-0.39, 0.29) is 5.97 Å². The maximum Gasteiger partial charge on any atom is 0.338 e. The smallest absolute Gasteiger partial charge is 0.338 e. The van der Waals surface area contributed by atoms with Crippen molar-refractivity contribution in [1.29, 1.82) is 0 Å². The maximum atomic E-state index is 12.1. The van der Waals surface area contributed by atoms with Gasteiger partial charge >= 0.3 is 5.97 Å². The van der Waals surface area contributed by atoms with E-state index < -0.39 is 0 Å². The summed E-state index contributed by atoms with van der Waals surface area (Å²) in [6, 6.07) is 19.4. The third-order valence-corrected chi connectivity index (χ3v) is 4.12. The Labute approximate surface area is 149 Å². The van der Waals surface area contributed by atoms with Gasteiger partial charge in [0.15, 0.2) is 0 Å². The lowest BCUT2D eigenvalue weighted by Crippen LogP contribution is -2.05. The predicted molar refractivity (Wildman–Crippen MR) is 98.4 cm³/mol. The molecule has 0 heterocycles. The highest BCUT2D eigenvalue weighted by atomic mass is 79.9. The summed E-state index contributed by atoms with van der Waals surface area (Å²) in [4.78, 5) is 12.1. The van der Waals surface area contributed by atoms with Gasteiger partial charge in [0.2, 0.25) is 0 Å². The van der Waals surface area contributed by atoms with Crippen molar-refractivity contribution in [2.24, 2.45) is 0 Å². The number of benzene rings is 3. The second kappa shape index (κ2) is 7.49. The first kappa shape index (κ1) is 16.5. The Balaban J connectivity index is 1.98. The molecule has 0 aliphatic carbocycles. The van der Waals surface area contributed by atoms with Gasteiger partial charge in [0.1, 0.15) is 12.4 Å². The van der Waals surface area contributed by atoms with Gasteiger partial charge < -0.3 is 9.47 Å². The molecule has 4 heteroatoms. The zero-order valence-corrected chi connectivity index (χ0v) is 14.9. The molecule has 24 heavy (non-hydrogen) atoms. The fourth-order valence-electron chi connectivity index (χ4n) is 2.49. The van der Waals surface area contributed by atoms with Gasteiger partial charge in [-0.25, -0.2) is 4.79 Å². The Morgan fingerprint density at radius 3 is 2.58 bits per heavy atom. The van der Waals surface area contributed by atoms with Crippen LogP contribution in [0.4, 0.5) is 0 Å². The van der Waals surface area contributed by atoms with E-state index in [0.717, 1.165) is 20.8 Å². The van der Waals surface area contributed by atoms with Crippen molar-refractivity contribution in [3.05, 3.63) is 76.3 Å². The number of ether oxygens (including phenoxy) is 2. The standard InChI is InChI=1S/C20H17BrO3/c1-2-23-20(22)16-10-15-11-17(21)8-9-18(15)19(12-16)24-13-14-6-4-3-5-7-14/h3-12H,2,13H2,1H3. The fraction of sp³-hybridized carbons (Fsp3) is 0.150. The van der Waals surface area contributed by atoms with Gasteiger partial charge in [-0.2, -0.15) is 0 Å². The molecule has 122 valence electrons. The van der Waals surface area contributed by atoms with Gasteiger partial charge in [-0.05, 0) is 48.2 Å². The number of carbonyl (C=O) groups is 1. The number of hydrogen-bond donors (Lipinski definition) is 0. The number of esters is 1. The van der Waals surface area contributed by atoms with Crippen LogP contribution in [0.25, 0.3) is 10.8 Å². The van der Waals surface area contributed by atoms with E-state index >= 15 is 0 Å². The number of halogens is 1. The van der Waals surface area contributed by atoms with Gasteiger partial charge in [0.05, 0.1) is 12.2 Å². The Kier molecular flexibility index (Phi) is 5.16. The van der Waals surface area contributed by atoms with Gasteiger partial charge in [0.25, 0.3) is 0 Å². The molecule has 3 rings (SSSR count). The van der Waals surface area contributed by atoms with Gasteiger partial charge in [0, 0.05) is 9.86 Å². The lowest BCUT2D eigenvalue weighted by Gasteiger charge is -2.12. The highest BCUT2D eigenvalue weighted by molar-refractivity contribution is 9.10. The molecule has 0 aromatic heterocycles. The normalized spacial score (nSPS) is 10.6. The number of rotatable bonds is 5. The van der Waals surface area contributed by atoms with Crippen molar-refractivity contribution < 1.29 is 14.3 Å². The number of fused-ring (bicyclic) bond motifs is 1. The summed E-state index contributed by atoms with van der Waals surface area (Å²) in [5, 5.41) is 1.89. The average molecular weight is 385 g/mol. The summed E-state index contributed by atoms with van der Waals surface area (Å²) in [7, 11) is 0. The lowest BCUT2D eigenvalue weighted by molar-refractivity contribution is 0.0526. The third kappa shape index (κ3) is 3.77. The van der Waals surface area contributed by atoms with Gasteiger partial charge in [-0.1, -0.05) is 46.3 Å². The SMILES string of the molecule is CCOC(=O)c1cc(OCc2ccccc2)c2ccc(Br)cc2c1. The van der Waals surface area contributed by atoms with Crippen LogP contribution in [-0.4, -0.2) is 12.6 Å². The molecule has 0 aliphatic rings. The van der Waals surface area contributed by atoms with E-state index in [1.54, 1.807) is 13.0 Å². The quantitative estimate of drug-likeness (QED) is 0.555. The Morgan fingerprint density at radius 2 is 1.83 bits per heavy atom. The van der Waals surface area contributed by atoms with E-state index in [9.17, 15) is 4.79 Å². The van der Waals surface area contributed by atoms with E-state index in [0.29, 0.717) is 24.5 Å². The van der Waals surface area contributed by atoms with Crippen LogP contribution < -0.4 is 4.74 Å². The summed E-state index contributed by atoms with van der Waals surface area (Å²) in [5.74, 6) is 0.329. The van der Waals surface area contributed by atoms with Crippen molar-refractivity contribution in [3.8, 4) is 5.75 Å². The topological polar surface area (TPSA) is 35.5 Å². The van der Waals surface area contributed by atoms with Gasteiger partial charge in [-0.15, -0.1) is 0 Å². The monoisotopic (exact) mass is 384 g/mol. The molecule has 0 amide bonds. The molecule has 0 saturated carbocycles. The van der Waals surface area contributed by atoms with E-state index in [1.165, 1.54) is 0 Å². The van der Waals surface area contributed by atoms with Crippen molar-refractivity contribution in [2.75, 3.05) is 6.61 Å². The van der Waals surface area contributed by atoms with Crippen molar-refractivity contribution in [3.63, 3.8) is 0 Å². The summed E-state index contributed by atoms with van der Waals surface area (Å²) < 4.78 is 12.1. The minimum Gasteiger partial charge on any atom is -0.488 e. The lowest BCUT2D eigenvalue weighted by atomic mass is 10.1. The molecule has 0 N–H and O–H groups in total. The highest BCUT2D eigenvalue weighted by Crippen LogP contribution is 2.31. The van der Waals surface area contributed by atoms with Crippen LogP contribution >= 0.6 is 15.9 Å². The summed E-state index contributed by atoms with van der Waals surface area (Å²) >= 11 is 3.47. The molecule has 0 radical (unpaired) electrons. The Bertz CT molecular complexity index is 859. The zero-order chi connectivity index (χ0) is 16.9. The molecule has 0 fully saturated rings. The van der Waals surface area contributed by atoms with Crippen LogP contribution in [0.3, 0.4) is 0 Å². The molecule has 0 aliphatic heterocycles. The molecule has 0 unspecified atom stereocenters. The van der Waals surface area contributed by atoms with E-state index in [2.05, 4.69) is 15.9 Å². The molecular formula is C20H17BrO3. The van der Waals surface area contributed by atoms with Crippen molar-refractivity contribution in [2.45, 2.75) is 13.5 Å². The molecule has 0 spiro atoms. The summed E-state index contributed by atoms with van der Waals surface area (Å²) in [6.07, 6.45) is 0. The van der Waals surface area contributed by atoms with Crippen LogP contribution in [0.15, 0.2) is 65.1 Å². The molecule has 3 aromatic carbocycles. The first-order chi connectivity index (χ1) is 11.7. The average Bonchev–Trinajstić information content (AvgIpc) is 2.60. The predicted octanol–water partition coefficient (Wildman–Crippen LogP) is 5.36. The first-order valence-corrected chi connectivity index (χ1v) is 8.54. The summed E-state index contributed by atoms with van der Waals surface area (Å²) in [6.45, 7) is 2.58. The van der Waals surface area contributed by atoms with Crippen LogP contribution in [0.5, 0.6) is 5.75 Å². The van der Waals surface area contributed by atoms with E-state index in [4.69, 9.17) is 9.47 Å². The summed E-state index contributed by atoms with van der Waals surface area (Å²) in [5.41, 5.74) is 1.56. The molecule has 3 nitrogen and oxygen atoms in total. The number of carbonyl (C=O) groups excluding carboxylic acids is 1. The zero-order valence-electron chi connectivity index (χ0n) is 13.3. The minimum atomic E-state index is -0.344. The van der Waals surface area contributed by atoms with Gasteiger partial charge in [-0.3, -0.25) is 0 Å². The fourth-order valence-corrected chi connectivity index (χ4v) is 2.87. The molecular weight excluding hydrogens is 368 g/mol. The maximum absolute atomic E-state index is 12.1. The van der Waals surface area contributed by atoms with Crippen molar-refractivity contribution >= 4 is 32.7 Å². The molecule has 0 atom stereocenters. The second-order valence-corrected chi connectivity index (χ2v) is 6.25. The van der Waals surface area contributed by atoms with Crippen molar-refractivity contribution in [1.82, 2.24) is 0 Å². The minimum absolute atomic E-state index is 0.343. The van der Waals surface area contributed by atoms with Crippen LogP contribution in [-0.2, 0) is 11.3 Å². The highest BCUT2D eigenvalue weighted by Gasteiger charge is 2.12. The molecule has 0 bridgehead atoms. The Morgan fingerprint density at radius 1 is 1.04 bits per heavy atom. The third-order valence-electron chi connectivity index (χ3n) is 3.62. The molecule has 3 aromatic rings. The largest absolute Gasteiger partial charge is 0.488 e. The first-order valence-electron chi connectivity index (χ1n) is 7.74. The van der Waals surface area contributed by atoms with E-state index in [1.807, 2.05) is 54.6 Å². The van der Waals surface area contributed by atoms with Crippen LogP contribution in [0.2, 0.25) is 0 Å². The Hall–Kier alpha value is -2.33. The molecule has 0 saturated heterocycles. The number of hydrogen-bond acceptors (Lipinski definition) is 3. The second-order valence-electron chi connectivity index (χ2n) is 5.33. The van der Waals surface area contributed by atoms with Crippen LogP contribution in [0.1, 0.15) is 22.8 Å². The van der Waals surface area contributed by atoms with Crippen LogP contribution in [0, 0.1) is 0 Å².